The molecule has 7 heteroatoms. The van der Waals surface area contributed by atoms with Crippen molar-refractivity contribution < 1.29 is 9.15 Å². The molecule has 0 spiro atoms. The number of ether oxygens (including phenoxy) is 1. The van der Waals surface area contributed by atoms with Crippen LogP contribution < -0.4 is 16.8 Å². The highest BCUT2D eigenvalue weighted by atomic mass is 16.5. The molecule has 0 saturated heterocycles. The Balaban J connectivity index is 1.86. The fourth-order valence-corrected chi connectivity index (χ4v) is 2.30. The Morgan fingerprint density at radius 2 is 2.39 bits per heavy atom. The fraction of sp³-hybridized carbons (Fsp3) is 0.125. The van der Waals surface area contributed by atoms with Crippen molar-refractivity contribution in [3.05, 3.63) is 70.9 Å². The van der Waals surface area contributed by atoms with E-state index in [1.165, 1.54) is 11.1 Å². The molecule has 0 aliphatic carbocycles. The van der Waals surface area contributed by atoms with E-state index in [4.69, 9.17) is 15.0 Å². The van der Waals surface area contributed by atoms with Crippen LogP contribution in [0.15, 0.2) is 53.0 Å². The third-order valence-electron chi connectivity index (χ3n) is 3.45. The second-order valence-electron chi connectivity index (χ2n) is 4.95. The largest absolute Gasteiger partial charge is 0.406 e. The van der Waals surface area contributed by atoms with Gasteiger partial charge in [-0.15, -0.1) is 0 Å². The summed E-state index contributed by atoms with van der Waals surface area (Å²) >= 11 is 0. The van der Waals surface area contributed by atoms with Gasteiger partial charge >= 0.3 is 5.63 Å². The van der Waals surface area contributed by atoms with Gasteiger partial charge in [0.1, 0.15) is 0 Å². The molecule has 1 atom stereocenters. The molecule has 7 nitrogen and oxygen atoms in total. The summed E-state index contributed by atoms with van der Waals surface area (Å²) < 4.78 is 10.9. The van der Waals surface area contributed by atoms with Crippen molar-refractivity contribution in [3.63, 3.8) is 0 Å². The van der Waals surface area contributed by atoms with Crippen LogP contribution in [0, 0.1) is 0 Å². The van der Waals surface area contributed by atoms with Gasteiger partial charge in [0.15, 0.2) is 0 Å². The predicted octanol–water partition coefficient (Wildman–Crippen LogP) is 1.75. The zero-order valence-corrected chi connectivity index (χ0v) is 12.4. The molecule has 0 bridgehead atoms. The smallest absolute Gasteiger partial charge is 0.338 e. The van der Waals surface area contributed by atoms with Gasteiger partial charge in [-0.05, 0) is 17.2 Å². The molecule has 0 fully saturated rings. The number of nitrogens with two attached hydrogens (primary N) is 1. The van der Waals surface area contributed by atoms with Gasteiger partial charge in [0, 0.05) is 18.5 Å². The topological polar surface area (TPSA) is 93.6 Å². The summed E-state index contributed by atoms with van der Waals surface area (Å²) in [6.07, 6.45) is 4.20. The highest BCUT2D eigenvalue weighted by Crippen LogP contribution is 2.33. The molecule has 2 aromatic rings. The number of fused-ring (bicyclic) bond motifs is 1. The lowest BCUT2D eigenvalue weighted by Gasteiger charge is -2.36. The third-order valence-corrected chi connectivity index (χ3v) is 3.45. The van der Waals surface area contributed by atoms with Crippen LogP contribution in [-0.4, -0.2) is 16.3 Å². The average Bonchev–Trinajstić information content (AvgIpc) is 2.56. The first kappa shape index (κ1) is 15.0. The zero-order chi connectivity index (χ0) is 16.4. The second-order valence-corrected chi connectivity index (χ2v) is 4.95. The quantitative estimate of drug-likeness (QED) is 0.831. The number of pyridine rings is 1. The first-order chi connectivity index (χ1) is 11.1. The minimum Gasteiger partial charge on any atom is -0.406 e. The van der Waals surface area contributed by atoms with Crippen LogP contribution >= 0.6 is 0 Å². The number of nitrogens with one attached hydrogen (secondary N) is 1. The standard InChI is InChI=1S/C16H16N4O3/c1-3-12-7-13(21)23-15-14(12)10(2)20(17)16(19-15)22-9-11-5-4-6-18-8-11/h3-8,16,19H,1-2,9,17H2. The van der Waals surface area contributed by atoms with Gasteiger partial charge in [-0.3, -0.25) is 9.99 Å². The lowest BCUT2D eigenvalue weighted by molar-refractivity contribution is -0.0268. The summed E-state index contributed by atoms with van der Waals surface area (Å²) in [6, 6.07) is 5.04. The molecular formula is C16H16N4O3. The number of hydrogen-bond acceptors (Lipinski definition) is 7. The van der Waals surface area contributed by atoms with Gasteiger partial charge in [0.25, 0.3) is 0 Å². The molecule has 3 rings (SSSR count). The normalized spacial score (nSPS) is 16.7. The lowest BCUT2D eigenvalue weighted by Crippen LogP contribution is -2.49. The van der Waals surface area contributed by atoms with Crippen LogP contribution in [0.25, 0.3) is 11.8 Å². The average molecular weight is 312 g/mol. The Morgan fingerprint density at radius 3 is 3.09 bits per heavy atom. The maximum absolute atomic E-state index is 11.6. The molecular weight excluding hydrogens is 296 g/mol. The van der Waals surface area contributed by atoms with Crippen molar-refractivity contribution in [2.75, 3.05) is 5.32 Å². The van der Waals surface area contributed by atoms with E-state index < -0.39 is 12.0 Å². The zero-order valence-electron chi connectivity index (χ0n) is 12.4. The van der Waals surface area contributed by atoms with Crippen LogP contribution in [0.4, 0.5) is 5.88 Å². The second kappa shape index (κ2) is 6.07. The highest BCUT2D eigenvalue weighted by molar-refractivity contribution is 5.79. The molecule has 1 aliphatic heterocycles. The summed E-state index contributed by atoms with van der Waals surface area (Å²) in [4.78, 5) is 15.6. The Bertz CT molecular complexity index is 801. The van der Waals surface area contributed by atoms with Crippen LogP contribution in [-0.2, 0) is 11.3 Å². The van der Waals surface area contributed by atoms with Crippen molar-refractivity contribution >= 4 is 17.7 Å². The van der Waals surface area contributed by atoms with E-state index in [1.54, 1.807) is 18.5 Å². The first-order valence-corrected chi connectivity index (χ1v) is 6.91. The molecule has 118 valence electrons. The number of aromatic nitrogens is 1. The molecule has 0 radical (unpaired) electrons. The predicted molar refractivity (Wildman–Crippen MR) is 86.6 cm³/mol. The highest BCUT2D eigenvalue weighted by Gasteiger charge is 2.30. The molecule has 0 saturated carbocycles. The molecule has 3 heterocycles. The summed E-state index contributed by atoms with van der Waals surface area (Å²) in [6.45, 7) is 7.91. The monoisotopic (exact) mass is 312 g/mol. The van der Waals surface area contributed by atoms with Gasteiger partial charge in [0.05, 0.1) is 17.9 Å². The molecule has 3 N–H and O–H groups in total. The van der Waals surface area contributed by atoms with Gasteiger partial charge < -0.3 is 14.5 Å². The van der Waals surface area contributed by atoms with Crippen LogP contribution in [0.5, 0.6) is 0 Å². The maximum atomic E-state index is 11.6. The van der Waals surface area contributed by atoms with Gasteiger partial charge in [-0.1, -0.05) is 25.3 Å². The van der Waals surface area contributed by atoms with E-state index in [0.717, 1.165) is 5.56 Å². The van der Waals surface area contributed by atoms with E-state index in [-0.39, 0.29) is 12.5 Å². The molecule has 2 aromatic heterocycles. The Hall–Kier alpha value is -2.90. The van der Waals surface area contributed by atoms with E-state index in [2.05, 4.69) is 23.5 Å². The molecule has 0 amide bonds. The lowest BCUT2D eigenvalue weighted by atomic mass is 10.1. The van der Waals surface area contributed by atoms with Gasteiger partial charge in [-0.2, -0.15) is 0 Å². The van der Waals surface area contributed by atoms with E-state index >= 15 is 0 Å². The van der Waals surface area contributed by atoms with Crippen molar-refractivity contribution in [1.82, 2.24) is 9.99 Å². The molecule has 1 aliphatic rings. The number of anilines is 1. The minimum atomic E-state index is -0.724. The van der Waals surface area contributed by atoms with Crippen LogP contribution in [0.2, 0.25) is 0 Å². The number of nitrogens with zero attached hydrogens (tertiary/aromatic N) is 2. The Morgan fingerprint density at radius 1 is 1.57 bits per heavy atom. The van der Waals surface area contributed by atoms with Crippen molar-refractivity contribution in [3.8, 4) is 0 Å². The summed E-state index contributed by atoms with van der Waals surface area (Å²) in [5.41, 5.74) is 2.04. The van der Waals surface area contributed by atoms with E-state index in [0.29, 0.717) is 16.8 Å². The van der Waals surface area contributed by atoms with Gasteiger partial charge in [0.2, 0.25) is 12.2 Å². The summed E-state index contributed by atoms with van der Waals surface area (Å²) in [5, 5.41) is 4.28. The Kier molecular flexibility index (Phi) is 3.96. The third kappa shape index (κ3) is 2.87. The van der Waals surface area contributed by atoms with E-state index in [1.807, 2.05) is 12.1 Å². The van der Waals surface area contributed by atoms with Crippen molar-refractivity contribution in [2.45, 2.75) is 13.0 Å². The maximum Gasteiger partial charge on any atom is 0.338 e. The summed E-state index contributed by atoms with van der Waals surface area (Å²) in [5.74, 6) is 6.30. The molecule has 1 unspecified atom stereocenters. The van der Waals surface area contributed by atoms with Crippen molar-refractivity contribution in [1.29, 1.82) is 0 Å². The van der Waals surface area contributed by atoms with Gasteiger partial charge in [-0.25, -0.2) is 10.6 Å². The first-order valence-electron chi connectivity index (χ1n) is 6.91. The molecule has 0 aromatic carbocycles. The number of rotatable bonds is 4. The van der Waals surface area contributed by atoms with Crippen LogP contribution in [0.1, 0.15) is 16.7 Å². The van der Waals surface area contributed by atoms with E-state index in [9.17, 15) is 4.79 Å². The minimum absolute atomic E-state index is 0.260. The number of hydrogen-bond donors (Lipinski definition) is 2. The fourth-order valence-electron chi connectivity index (χ4n) is 2.30. The molecule has 23 heavy (non-hydrogen) atoms. The van der Waals surface area contributed by atoms with Crippen molar-refractivity contribution in [2.24, 2.45) is 5.84 Å². The summed E-state index contributed by atoms with van der Waals surface area (Å²) in [7, 11) is 0. The SMILES string of the molecule is C=Cc1cc(=O)oc2c1C(=C)N(N)C(OCc1cccnc1)N2. The number of hydrazine groups is 1. The Labute approximate surface area is 132 Å². The van der Waals surface area contributed by atoms with Crippen LogP contribution in [0.3, 0.4) is 0 Å².